The highest BCUT2D eigenvalue weighted by atomic mass is 127. The molecule has 0 atom stereocenters. The predicted molar refractivity (Wildman–Crippen MR) is 105 cm³/mol. The third kappa shape index (κ3) is 11.5. The van der Waals surface area contributed by atoms with Crippen LogP contribution in [0.3, 0.4) is 0 Å². The zero-order chi connectivity index (χ0) is 15.2. The summed E-state index contributed by atoms with van der Waals surface area (Å²) < 4.78 is 5.04. The van der Waals surface area contributed by atoms with Crippen LogP contribution in [-0.2, 0) is 4.74 Å². The minimum Gasteiger partial charge on any atom is -0.385 e. The molecule has 5 nitrogen and oxygen atoms in total. The normalized spacial score (nSPS) is 16.7. The van der Waals surface area contributed by atoms with Crippen LogP contribution in [0.1, 0.15) is 45.4 Å². The van der Waals surface area contributed by atoms with Crippen molar-refractivity contribution >= 4 is 29.9 Å². The molecule has 1 aliphatic rings. The van der Waals surface area contributed by atoms with Gasteiger partial charge in [-0.05, 0) is 52.2 Å². The van der Waals surface area contributed by atoms with Crippen LogP contribution in [0, 0.1) is 0 Å². The lowest BCUT2D eigenvalue weighted by Crippen LogP contribution is -2.39. The van der Waals surface area contributed by atoms with E-state index in [1.54, 1.807) is 7.11 Å². The highest BCUT2D eigenvalue weighted by Gasteiger charge is 2.08. The van der Waals surface area contributed by atoms with Gasteiger partial charge in [0.2, 0.25) is 0 Å². The number of nitrogens with one attached hydrogen (secondary N) is 2. The third-order valence-electron chi connectivity index (χ3n) is 3.76. The molecule has 0 amide bonds. The Hall–Kier alpha value is -0.0800. The second kappa shape index (κ2) is 15.8. The molecule has 1 aliphatic heterocycles. The maximum absolute atomic E-state index is 5.04. The average Bonchev–Trinajstić information content (AvgIpc) is 2.76. The number of halogens is 1. The summed E-state index contributed by atoms with van der Waals surface area (Å²) in [7, 11) is 1.73. The van der Waals surface area contributed by atoms with Crippen molar-refractivity contribution in [1.29, 1.82) is 0 Å². The van der Waals surface area contributed by atoms with Crippen LogP contribution in [0.2, 0.25) is 0 Å². The molecule has 0 aromatic rings. The van der Waals surface area contributed by atoms with Gasteiger partial charge in [0.05, 0.1) is 0 Å². The summed E-state index contributed by atoms with van der Waals surface area (Å²) in [6.07, 6.45) is 7.72. The van der Waals surface area contributed by atoms with Crippen molar-refractivity contribution in [3.8, 4) is 0 Å². The first-order valence-corrected chi connectivity index (χ1v) is 8.60. The minimum atomic E-state index is 0. The van der Waals surface area contributed by atoms with Gasteiger partial charge in [-0.3, -0.25) is 4.99 Å². The Bertz CT molecular complexity index is 269. The number of ether oxygens (including phenoxy) is 1. The summed E-state index contributed by atoms with van der Waals surface area (Å²) in [6, 6.07) is 0. The zero-order valence-electron chi connectivity index (χ0n) is 14.4. The van der Waals surface area contributed by atoms with Gasteiger partial charge in [0.25, 0.3) is 0 Å². The molecular formula is C16H35IN4O. The number of guanidine groups is 1. The molecule has 22 heavy (non-hydrogen) atoms. The van der Waals surface area contributed by atoms with Crippen molar-refractivity contribution < 1.29 is 4.74 Å². The summed E-state index contributed by atoms with van der Waals surface area (Å²) in [5.74, 6) is 0.935. The van der Waals surface area contributed by atoms with E-state index >= 15 is 0 Å². The van der Waals surface area contributed by atoms with E-state index in [0.29, 0.717) is 0 Å². The van der Waals surface area contributed by atoms with Gasteiger partial charge in [-0.2, -0.15) is 0 Å². The Morgan fingerprint density at radius 1 is 1.09 bits per heavy atom. The first-order chi connectivity index (χ1) is 10.4. The molecule has 0 aromatic heterocycles. The second-order valence-corrected chi connectivity index (χ2v) is 5.64. The van der Waals surface area contributed by atoms with Crippen molar-refractivity contribution in [2.24, 2.45) is 4.99 Å². The molecule has 0 saturated carbocycles. The highest BCUT2D eigenvalue weighted by Crippen LogP contribution is 2.09. The molecule has 1 heterocycles. The first kappa shape index (κ1) is 21.9. The number of hydrogen-bond donors (Lipinski definition) is 2. The third-order valence-corrected chi connectivity index (χ3v) is 3.76. The van der Waals surface area contributed by atoms with Crippen LogP contribution in [0.4, 0.5) is 0 Å². The van der Waals surface area contributed by atoms with Crippen molar-refractivity contribution in [2.45, 2.75) is 45.4 Å². The Kier molecular flexibility index (Phi) is 15.7. The summed E-state index contributed by atoms with van der Waals surface area (Å²) in [6.45, 7) is 9.36. The lowest BCUT2D eigenvalue weighted by molar-refractivity contribution is 0.197. The van der Waals surface area contributed by atoms with E-state index in [0.717, 1.165) is 38.6 Å². The molecule has 1 rings (SSSR count). The van der Waals surface area contributed by atoms with Gasteiger partial charge in [-0.1, -0.05) is 12.8 Å². The fraction of sp³-hybridized carbons (Fsp3) is 0.938. The molecule has 6 heteroatoms. The number of nitrogens with zero attached hydrogens (tertiary/aromatic N) is 2. The Labute approximate surface area is 153 Å². The zero-order valence-corrected chi connectivity index (χ0v) is 16.7. The fourth-order valence-electron chi connectivity index (χ4n) is 2.61. The van der Waals surface area contributed by atoms with Crippen molar-refractivity contribution in [1.82, 2.24) is 15.5 Å². The molecule has 132 valence electrons. The standard InChI is InChI=1S/C16H34N4O.HI/c1-3-17-16(19-11-9-15-21-2)18-10-8-14-20-12-6-4-5-7-13-20;/h3-15H2,1-2H3,(H2,17,18,19);1H. The van der Waals surface area contributed by atoms with E-state index < -0.39 is 0 Å². The van der Waals surface area contributed by atoms with Crippen molar-refractivity contribution in [3.05, 3.63) is 0 Å². The maximum atomic E-state index is 5.04. The summed E-state index contributed by atoms with van der Waals surface area (Å²) in [5, 5.41) is 6.72. The molecular weight excluding hydrogens is 391 g/mol. The van der Waals surface area contributed by atoms with Crippen LogP contribution in [0.25, 0.3) is 0 Å². The highest BCUT2D eigenvalue weighted by molar-refractivity contribution is 14.0. The largest absolute Gasteiger partial charge is 0.385 e. The van der Waals surface area contributed by atoms with E-state index in [2.05, 4.69) is 27.4 Å². The molecule has 1 saturated heterocycles. The lowest BCUT2D eigenvalue weighted by Gasteiger charge is -2.20. The molecule has 2 N–H and O–H groups in total. The lowest BCUT2D eigenvalue weighted by atomic mass is 10.2. The number of hydrogen-bond acceptors (Lipinski definition) is 3. The van der Waals surface area contributed by atoms with Crippen LogP contribution >= 0.6 is 24.0 Å². The SMILES string of the molecule is CCNC(=NCCCOC)NCCCN1CCCCCC1.I. The predicted octanol–water partition coefficient (Wildman–Crippen LogP) is 2.46. The smallest absolute Gasteiger partial charge is 0.191 e. The van der Waals surface area contributed by atoms with Crippen LogP contribution < -0.4 is 10.6 Å². The van der Waals surface area contributed by atoms with Gasteiger partial charge in [-0.25, -0.2) is 0 Å². The molecule has 0 aliphatic carbocycles. The number of likely N-dealkylation sites (tertiary alicyclic amines) is 1. The summed E-state index contributed by atoms with van der Waals surface area (Å²) >= 11 is 0. The quantitative estimate of drug-likeness (QED) is 0.258. The van der Waals surface area contributed by atoms with Gasteiger partial charge in [-0.15, -0.1) is 24.0 Å². The van der Waals surface area contributed by atoms with Crippen LogP contribution in [-0.4, -0.2) is 63.8 Å². The van der Waals surface area contributed by atoms with E-state index in [-0.39, 0.29) is 24.0 Å². The number of rotatable bonds is 9. The van der Waals surface area contributed by atoms with E-state index in [1.165, 1.54) is 51.7 Å². The summed E-state index contributed by atoms with van der Waals surface area (Å²) in [4.78, 5) is 7.16. The average molecular weight is 426 g/mol. The molecule has 0 unspecified atom stereocenters. The van der Waals surface area contributed by atoms with E-state index in [1.807, 2.05) is 0 Å². The topological polar surface area (TPSA) is 48.9 Å². The number of methoxy groups -OCH3 is 1. The van der Waals surface area contributed by atoms with Gasteiger partial charge < -0.3 is 20.3 Å². The van der Waals surface area contributed by atoms with Gasteiger partial charge in [0, 0.05) is 33.4 Å². The monoisotopic (exact) mass is 426 g/mol. The van der Waals surface area contributed by atoms with E-state index in [9.17, 15) is 0 Å². The van der Waals surface area contributed by atoms with Gasteiger partial charge in [0.1, 0.15) is 0 Å². The Morgan fingerprint density at radius 3 is 2.45 bits per heavy atom. The molecule has 0 spiro atoms. The summed E-state index contributed by atoms with van der Waals surface area (Å²) in [5.41, 5.74) is 0. The van der Waals surface area contributed by atoms with E-state index in [4.69, 9.17) is 4.74 Å². The van der Waals surface area contributed by atoms with Crippen molar-refractivity contribution in [3.63, 3.8) is 0 Å². The Balaban J connectivity index is 0.00000441. The van der Waals surface area contributed by atoms with Crippen molar-refractivity contribution in [2.75, 3.05) is 53.0 Å². The minimum absolute atomic E-state index is 0. The Morgan fingerprint density at radius 2 is 1.82 bits per heavy atom. The van der Waals surface area contributed by atoms with Crippen LogP contribution in [0.5, 0.6) is 0 Å². The maximum Gasteiger partial charge on any atom is 0.191 e. The molecule has 0 aromatic carbocycles. The molecule has 1 fully saturated rings. The molecule has 0 bridgehead atoms. The number of aliphatic imine (C=N–C) groups is 1. The molecule has 0 radical (unpaired) electrons. The van der Waals surface area contributed by atoms with Crippen LogP contribution in [0.15, 0.2) is 4.99 Å². The second-order valence-electron chi connectivity index (χ2n) is 5.64. The fourth-order valence-corrected chi connectivity index (χ4v) is 2.61. The van der Waals surface area contributed by atoms with Gasteiger partial charge >= 0.3 is 0 Å². The first-order valence-electron chi connectivity index (χ1n) is 8.60. The van der Waals surface area contributed by atoms with Gasteiger partial charge in [0.15, 0.2) is 5.96 Å².